The molecule has 2 N–H and O–H groups in total. The van der Waals surface area contributed by atoms with Crippen molar-refractivity contribution in [2.24, 2.45) is 17.1 Å². The molecule has 2 saturated heterocycles. The summed E-state index contributed by atoms with van der Waals surface area (Å²) in [5.74, 6) is -0.624. The van der Waals surface area contributed by atoms with Crippen molar-refractivity contribution in [1.82, 2.24) is 4.90 Å². The smallest absolute Gasteiger partial charge is 0.239 e. The van der Waals surface area contributed by atoms with Crippen molar-refractivity contribution >= 4 is 29.9 Å². The minimum absolute atomic E-state index is 0. The summed E-state index contributed by atoms with van der Waals surface area (Å²) in [6.07, 6.45) is 1.51. The van der Waals surface area contributed by atoms with E-state index < -0.39 is 5.92 Å². The number of benzene rings is 1. The molecule has 25 heavy (non-hydrogen) atoms. The van der Waals surface area contributed by atoms with Crippen LogP contribution in [0.4, 0.5) is 5.69 Å². The van der Waals surface area contributed by atoms with Gasteiger partial charge in [-0.25, -0.2) is 0 Å². The van der Waals surface area contributed by atoms with Gasteiger partial charge in [-0.2, -0.15) is 0 Å². The van der Waals surface area contributed by atoms with Gasteiger partial charge in [0.1, 0.15) is 5.92 Å². The molecule has 0 spiro atoms. The standard InChI is InChI=1S/C19H27N3O2.ClH/c1-13-8-14(2)10-15(9-13)22-6-4-16(18(22)24)17(23)21-7-5-19(3,11-20)12-21;/h8-10,16H,4-7,11-12,20H2,1-3H3;1H. The second-order valence-corrected chi connectivity index (χ2v) is 7.70. The summed E-state index contributed by atoms with van der Waals surface area (Å²) < 4.78 is 0. The first-order chi connectivity index (χ1) is 11.3. The maximum absolute atomic E-state index is 12.8. The van der Waals surface area contributed by atoms with E-state index in [4.69, 9.17) is 5.73 Å². The fourth-order valence-corrected chi connectivity index (χ4v) is 3.87. The third-order valence-corrected chi connectivity index (χ3v) is 5.38. The topological polar surface area (TPSA) is 66.6 Å². The van der Waals surface area contributed by atoms with Crippen LogP contribution in [0.25, 0.3) is 0 Å². The molecule has 0 saturated carbocycles. The van der Waals surface area contributed by atoms with Crippen LogP contribution < -0.4 is 10.6 Å². The Bertz CT molecular complexity index is 658. The van der Waals surface area contributed by atoms with Crippen LogP contribution in [-0.2, 0) is 9.59 Å². The zero-order valence-electron chi connectivity index (χ0n) is 15.2. The first-order valence-corrected chi connectivity index (χ1v) is 8.71. The number of hydrogen-bond donors (Lipinski definition) is 1. The van der Waals surface area contributed by atoms with E-state index in [0.29, 0.717) is 32.6 Å². The molecule has 0 aliphatic carbocycles. The predicted molar refractivity (Wildman–Crippen MR) is 102 cm³/mol. The highest BCUT2D eigenvalue weighted by molar-refractivity contribution is 6.09. The lowest BCUT2D eigenvalue weighted by molar-refractivity contribution is -0.139. The van der Waals surface area contributed by atoms with Crippen molar-refractivity contribution in [3.05, 3.63) is 29.3 Å². The zero-order valence-corrected chi connectivity index (χ0v) is 16.1. The molecule has 5 nitrogen and oxygen atoms in total. The van der Waals surface area contributed by atoms with Crippen LogP contribution in [0.15, 0.2) is 18.2 Å². The Morgan fingerprint density at radius 3 is 2.44 bits per heavy atom. The van der Waals surface area contributed by atoms with E-state index in [2.05, 4.69) is 13.0 Å². The number of rotatable bonds is 3. The Morgan fingerprint density at radius 2 is 1.88 bits per heavy atom. The maximum Gasteiger partial charge on any atom is 0.239 e. The van der Waals surface area contributed by atoms with Crippen molar-refractivity contribution in [2.75, 3.05) is 31.1 Å². The Balaban J connectivity index is 0.00000225. The fraction of sp³-hybridized carbons (Fsp3) is 0.579. The molecule has 0 radical (unpaired) electrons. The normalized spacial score (nSPS) is 26.1. The first kappa shape index (κ1) is 19.7. The molecular weight excluding hydrogens is 338 g/mol. The summed E-state index contributed by atoms with van der Waals surface area (Å²) in [5.41, 5.74) is 8.98. The van der Waals surface area contributed by atoms with E-state index in [1.807, 2.05) is 30.9 Å². The van der Waals surface area contributed by atoms with Gasteiger partial charge in [-0.3, -0.25) is 9.59 Å². The summed E-state index contributed by atoms with van der Waals surface area (Å²) in [6, 6.07) is 6.11. The van der Waals surface area contributed by atoms with Gasteiger partial charge in [-0.05, 0) is 61.9 Å². The van der Waals surface area contributed by atoms with Gasteiger partial charge in [0.25, 0.3) is 0 Å². The van der Waals surface area contributed by atoms with Crippen LogP contribution in [0.5, 0.6) is 0 Å². The average Bonchev–Trinajstić information content (AvgIpc) is 3.10. The first-order valence-electron chi connectivity index (χ1n) is 8.71. The van der Waals surface area contributed by atoms with Crippen LogP contribution in [0.2, 0.25) is 0 Å². The number of carbonyl (C=O) groups excluding carboxylic acids is 2. The Kier molecular flexibility index (Phi) is 5.79. The number of likely N-dealkylation sites (tertiary alicyclic amines) is 1. The largest absolute Gasteiger partial charge is 0.341 e. The summed E-state index contributed by atoms with van der Waals surface area (Å²) in [7, 11) is 0. The quantitative estimate of drug-likeness (QED) is 0.835. The number of nitrogens with zero attached hydrogens (tertiary/aromatic N) is 2. The van der Waals surface area contributed by atoms with Gasteiger partial charge < -0.3 is 15.5 Å². The van der Waals surface area contributed by atoms with Gasteiger partial charge in [-0.15, -0.1) is 12.4 Å². The molecule has 2 atom stereocenters. The molecular formula is C19H28ClN3O2. The van der Waals surface area contributed by atoms with Crippen LogP contribution in [0.1, 0.15) is 30.9 Å². The summed E-state index contributed by atoms with van der Waals surface area (Å²) in [5, 5.41) is 0. The lowest BCUT2D eigenvalue weighted by Crippen LogP contribution is -2.40. The number of halogens is 1. The molecule has 138 valence electrons. The molecule has 1 aromatic carbocycles. The molecule has 2 aliphatic heterocycles. The zero-order chi connectivity index (χ0) is 17.5. The van der Waals surface area contributed by atoms with Crippen LogP contribution >= 0.6 is 12.4 Å². The maximum atomic E-state index is 12.8. The third-order valence-electron chi connectivity index (χ3n) is 5.38. The molecule has 2 heterocycles. The minimum atomic E-state index is -0.536. The molecule has 2 fully saturated rings. The van der Waals surface area contributed by atoms with Gasteiger partial charge in [-0.1, -0.05) is 13.0 Å². The van der Waals surface area contributed by atoms with Gasteiger partial charge >= 0.3 is 0 Å². The molecule has 0 bridgehead atoms. The van der Waals surface area contributed by atoms with E-state index >= 15 is 0 Å². The average molecular weight is 366 g/mol. The minimum Gasteiger partial charge on any atom is -0.341 e. The van der Waals surface area contributed by atoms with E-state index in [9.17, 15) is 9.59 Å². The highest BCUT2D eigenvalue weighted by atomic mass is 35.5. The van der Waals surface area contributed by atoms with Crippen LogP contribution in [-0.4, -0.2) is 42.9 Å². The summed E-state index contributed by atoms with van der Waals surface area (Å²) >= 11 is 0. The van der Waals surface area contributed by atoms with Crippen LogP contribution in [0, 0.1) is 25.2 Å². The molecule has 0 aromatic heterocycles. The van der Waals surface area contributed by atoms with Crippen molar-refractivity contribution in [3.8, 4) is 0 Å². The van der Waals surface area contributed by atoms with Gasteiger partial charge in [0.05, 0.1) is 0 Å². The van der Waals surface area contributed by atoms with Crippen molar-refractivity contribution in [3.63, 3.8) is 0 Å². The molecule has 6 heteroatoms. The van der Waals surface area contributed by atoms with Crippen molar-refractivity contribution in [1.29, 1.82) is 0 Å². The molecule has 2 aliphatic rings. The summed E-state index contributed by atoms with van der Waals surface area (Å²) in [6.45, 7) is 8.72. The van der Waals surface area contributed by atoms with Gasteiger partial charge in [0.15, 0.2) is 0 Å². The SMILES string of the molecule is Cc1cc(C)cc(N2CCC(C(=O)N3CCC(C)(CN)C3)C2=O)c1.Cl. The molecule has 3 rings (SSSR count). The van der Waals surface area contributed by atoms with Gasteiger partial charge in [0.2, 0.25) is 11.8 Å². The number of nitrogens with two attached hydrogens (primary N) is 1. The van der Waals surface area contributed by atoms with E-state index in [0.717, 1.165) is 23.2 Å². The Hall–Kier alpha value is -1.59. The lowest BCUT2D eigenvalue weighted by atomic mass is 9.90. The molecule has 2 unspecified atom stereocenters. The second-order valence-electron chi connectivity index (χ2n) is 7.70. The van der Waals surface area contributed by atoms with Crippen molar-refractivity contribution < 1.29 is 9.59 Å². The van der Waals surface area contributed by atoms with E-state index in [-0.39, 0.29) is 29.6 Å². The highest BCUT2D eigenvalue weighted by Crippen LogP contribution is 2.33. The summed E-state index contributed by atoms with van der Waals surface area (Å²) in [4.78, 5) is 29.2. The number of carbonyl (C=O) groups is 2. The number of amides is 2. The highest BCUT2D eigenvalue weighted by Gasteiger charge is 2.43. The number of hydrogen-bond acceptors (Lipinski definition) is 3. The number of anilines is 1. The predicted octanol–water partition coefficient (Wildman–Crippen LogP) is 2.28. The van der Waals surface area contributed by atoms with E-state index in [1.165, 1.54) is 0 Å². The molecule has 2 amide bonds. The van der Waals surface area contributed by atoms with Crippen LogP contribution in [0.3, 0.4) is 0 Å². The van der Waals surface area contributed by atoms with E-state index in [1.54, 1.807) is 4.90 Å². The second kappa shape index (κ2) is 7.34. The van der Waals surface area contributed by atoms with Crippen molar-refractivity contribution in [2.45, 2.75) is 33.6 Å². The monoisotopic (exact) mass is 365 g/mol. The van der Waals surface area contributed by atoms with Gasteiger partial charge in [0, 0.05) is 25.3 Å². The third kappa shape index (κ3) is 3.82. The lowest BCUT2D eigenvalue weighted by Gasteiger charge is -2.24. The Labute approximate surface area is 155 Å². The fourth-order valence-electron chi connectivity index (χ4n) is 3.87. The number of aryl methyl sites for hydroxylation is 2. The Morgan fingerprint density at radius 1 is 1.24 bits per heavy atom. The molecule has 1 aromatic rings.